The van der Waals surface area contributed by atoms with Gasteiger partial charge in [-0.25, -0.2) is 0 Å². The molecule has 48 heavy (non-hydrogen) atoms. The number of guanidine groups is 1. The third kappa shape index (κ3) is 5.89. The van der Waals surface area contributed by atoms with Gasteiger partial charge in [-0.1, -0.05) is 60.1 Å². The maximum atomic E-state index is 13.4. The molecule has 1 aliphatic heterocycles. The van der Waals surface area contributed by atoms with Gasteiger partial charge < -0.3 is 35.7 Å². The summed E-state index contributed by atoms with van der Waals surface area (Å²) in [7, 11) is 0. The highest BCUT2D eigenvalue weighted by Gasteiger charge is 2.72. The van der Waals surface area contributed by atoms with Crippen LogP contribution >= 0.6 is 0 Å². The van der Waals surface area contributed by atoms with Crippen molar-refractivity contribution in [2.24, 2.45) is 62.4 Å². The molecule has 272 valence electrons. The van der Waals surface area contributed by atoms with Crippen molar-refractivity contribution in [2.45, 2.75) is 113 Å². The standard InChI is InChI=1S/C38H64N4O6/c1-23(2)24(3)34(5)14-15-36(7)26-10-11-29-35(6)21-46-22-38(29,27(26)12-13-37(36,8)30(34)32(44)45)20-28(48-25(4)43)31(35)47-19-18-41-16-9-17-42-33(39)40/h12,23-24,26,28-31,41H,9-11,13-22H2,1-8H3,(H,44,45)(H4,39,40,42)/t24-,26+,28-,29+,30-,31+,34-,35+,36-,37+,38+/m1/s1. The minimum atomic E-state index is -0.648. The van der Waals surface area contributed by atoms with Gasteiger partial charge in [-0.3, -0.25) is 15.0 Å². The number of esters is 1. The zero-order valence-electron chi connectivity index (χ0n) is 30.9. The van der Waals surface area contributed by atoms with E-state index < -0.39 is 11.9 Å². The number of allylic oxidation sites excluding steroid dienone is 1. The first kappa shape index (κ1) is 37.1. The number of hydrogen-bond acceptors (Lipinski definition) is 7. The topological polar surface area (TPSA) is 156 Å². The number of ether oxygens (including phenoxy) is 3. The molecule has 5 aliphatic rings. The Morgan fingerprint density at radius 1 is 1.08 bits per heavy atom. The average molecular weight is 673 g/mol. The number of carbonyl (C=O) groups is 2. The van der Waals surface area contributed by atoms with Crippen LogP contribution in [0.4, 0.5) is 0 Å². The van der Waals surface area contributed by atoms with Gasteiger partial charge in [0.05, 0.1) is 25.7 Å². The van der Waals surface area contributed by atoms with Crippen molar-refractivity contribution in [1.82, 2.24) is 10.6 Å². The molecule has 1 saturated heterocycles. The molecule has 3 saturated carbocycles. The molecule has 0 aromatic carbocycles. The molecule has 0 radical (unpaired) electrons. The van der Waals surface area contributed by atoms with Gasteiger partial charge in [-0.15, -0.1) is 0 Å². The van der Waals surface area contributed by atoms with Crippen LogP contribution in [0.1, 0.15) is 100 Å². The van der Waals surface area contributed by atoms with E-state index in [1.807, 2.05) is 0 Å². The molecule has 0 aromatic heterocycles. The average Bonchev–Trinajstić information content (AvgIpc) is 2.99. The van der Waals surface area contributed by atoms with Crippen LogP contribution in [0.2, 0.25) is 0 Å². The third-order valence-electron chi connectivity index (χ3n) is 14.8. The van der Waals surface area contributed by atoms with E-state index in [-0.39, 0.29) is 57.1 Å². The summed E-state index contributed by atoms with van der Waals surface area (Å²) in [5.41, 5.74) is 5.37. The first-order valence-electron chi connectivity index (χ1n) is 18.6. The quantitative estimate of drug-likeness (QED) is 0.0606. The number of nitrogens with two attached hydrogens (primary N) is 1. The van der Waals surface area contributed by atoms with Crippen molar-refractivity contribution in [3.8, 4) is 0 Å². The van der Waals surface area contributed by atoms with Crippen molar-refractivity contribution in [3.05, 3.63) is 11.6 Å². The van der Waals surface area contributed by atoms with Gasteiger partial charge in [0, 0.05) is 30.8 Å². The highest BCUT2D eigenvalue weighted by Crippen LogP contribution is 2.75. The van der Waals surface area contributed by atoms with Gasteiger partial charge in [-0.2, -0.15) is 0 Å². The van der Waals surface area contributed by atoms with Gasteiger partial charge >= 0.3 is 11.9 Å². The number of carboxylic acids is 1. The minimum absolute atomic E-state index is 0.0187. The summed E-state index contributed by atoms with van der Waals surface area (Å²) in [5, 5.41) is 24.5. The molecular weight excluding hydrogens is 608 g/mol. The number of carbonyl (C=O) groups excluding carboxylic acids is 1. The van der Waals surface area contributed by atoms with Crippen LogP contribution in [-0.4, -0.2) is 74.7 Å². The molecule has 4 fully saturated rings. The van der Waals surface area contributed by atoms with E-state index in [1.165, 1.54) is 12.5 Å². The summed E-state index contributed by atoms with van der Waals surface area (Å²) >= 11 is 0. The van der Waals surface area contributed by atoms with Crippen molar-refractivity contribution in [1.29, 1.82) is 5.41 Å². The molecule has 11 atom stereocenters. The minimum Gasteiger partial charge on any atom is -0.481 e. The van der Waals surface area contributed by atoms with Crippen molar-refractivity contribution >= 4 is 17.9 Å². The molecule has 10 heteroatoms. The zero-order chi connectivity index (χ0) is 35.3. The van der Waals surface area contributed by atoms with E-state index >= 15 is 0 Å². The van der Waals surface area contributed by atoms with Crippen LogP contribution < -0.4 is 16.4 Å². The van der Waals surface area contributed by atoms with E-state index in [2.05, 4.69) is 65.2 Å². The zero-order valence-corrected chi connectivity index (χ0v) is 30.9. The van der Waals surface area contributed by atoms with Gasteiger partial charge in [0.15, 0.2) is 5.96 Å². The van der Waals surface area contributed by atoms with Crippen LogP contribution in [-0.2, 0) is 23.8 Å². The Labute approximate surface area is 288 Å². The molecule has 1 heterocycles. The van der Waals surface area contributed by atoms with Crippen LogP contribution in [0.5, 0.6) is 0 Å². The van der Waals surface area contributed by atoms with E-state index in [1.54, 1.807) is 0 Å². The number of rotatable bonds is 12. The SMILES string of the molecule is CC(=O)O[C@@H]1C[C@@]23COC[C@@](C)([C@@H]2CC[C@H]2C3=CC[C@@]3(C)[C@H](C(=O)O)[C@@](C)([C@H](C)C(C)C)CC[C@]23C)[C@H]1OCCNCCCNC(=N)N. The maximum absolute atomic E-state index is 13.4. The Balaban J connectivity index is 1.43. The van der Waals surface area contributed by atoms with Crippen LogP contribution in [0.25, 0.3) is 0 Å². The number of nitrogens with one attached hydrogen (secondary N) is 3. The first-order valence-corrected chi connectivity index (χ1v) is 18.6. The molecule has 2 bridgehead atoms. The van der Waals surface area contributed by atoms with Crippen LogP contribution in [0, 0.1) is 62.1 Å². The number of hydrogen-bond donors (Lipinski definition) is 5. The molecule has 0 unspecified atom stereocenters. The second-order valence-corrected chi connectivity index (χ2v) is 17.4. The Hall–Kier alpha value is -2.17. The monoisotopic (exact) mass is 672 g/mol. The van der Waals surface area contributed by atoms with E-state index in [0.717, 1.165) is 45.1 Å². The van der Waals surface area contributed by atoms with Crippen molar-refractivity contribution in [3.63, 3.8) is 0 Å². The predicted octanol–water partition coefficient (Wildman–Crippen LogP) is 5.35. The summed E-state index contributed by atoms with van der Waals surface area (Å²) in [6.07, 6.45) is 8.00. The summed E-state index contributed by atoms with van der Waals surface area (Å²) in [6.45, 7) is 21.2. The molecule has 5 rings (SSSR count). The largest absolute Gasteiger partial charge is 0.481 e. The lowest BCUT2D eigenvalue weighted by atomic mass is 9.34. The normalized spacial score (nSPS) is 42.4. The van der Waals surface area contributed by atoms with Gasteiger partial charge in [0.1, 0.15) is 12.2 Å². The van der Waals surface area contributed by atoms with E-state index in [0.29, 0.717) is 57.1 Å². The number of aliphatic carboxylic acids is 1. The lowest BCUT2D eigenvalue weighted by Crippen LogP contribution is -2.70. The number of carboxylic acid groups (broad SMARTS) is 1. The van der Waals surface area contributed by atoms with E-state index in [4.69, 9.17) is 25.4 Å². The molecule has 4 aliphatic carbocycles. The molecule has 0 amide bonds. The molecule has 0 aromatic rings. The summed E-state index contributed by atoms with van der Waals surface area (Å²) in [6, 6.07) is 0. The van der Waals surface area contributed by atoms with Gasteiger partial charge in [0.2, 0.25) is 0 Å². The number of fused-ring (bicyclic) bond motifs is 3. The van der Waals surface area contributed by atoms with Crippen LogP contribution in [0.15, 0.2) is 11.6 Å². The summed E-state index contributed by atoms with van der Waals surface area (Å²) in [4.78, 5) is 25.9. The Morgan fingerprint density at radius 3 is 2.46 bits per heavy atom. The maximum Gasteiger partial charge on any atom is 0.307 e. The van der Waals surface area contributed by atoms with Crippen molar-refractivity contribution < 1.29 is 28.9 Å². The predicted molar refractivity (Wildman–Crippen MR) is 186 cm³/mol. The fourth-order valence-corrected chi connectivity index (χ4v) is 12.0. The fraction of sp³-hybridized carbons (Fsp3) is 0.868. The second-order valence-electron chi connectivity index (χ2n) is 17.4. The smallest absolute Gasteiger partial charge is 0.307 e. The van der Waals surface area contributed by atoms with E-state index in [9.17, 15) is 14.7 Å². The Kier molecular flexibility index (Phi) is 10.4. The lowest BCUT2D eigenvalue weighted by Gasteiger charge is -2.71. The summed E-state index contributed by atoms with van der Waals surface area (Å²) < 4.78 is 19.4. The second kappa shape index (κ2) is 13.5. The summed E-state index contributed by atoms with van der Waals surface area (Å²) in [5.74, 6) is -0.0997. The molecule has 10 nitrogen and oxygen atoms in total. The van der Waals surface area contributed by atoms with Gasteiger partial charge in [0.25, 0.3) is 0 Å². The van der Waals surface area contributed by atoms with Crippen molar-refractivity contribution in [2.75, 3.05) is 39.5 Å². The molecule has 6 N–H and O–H groups in total. The highest BCUT2D eigenvalue weighted by atomic mass is 16.6. The fourth-order valence-electron chi connectivity index (χ4n) is 12.0. The lowest BCUT2D eigenvalue weighted by molar-refractivity contribution is -0.266. The molecular formula is C38H64N4O6. The molecule has 0 spiro atoms. The Morgan fingerprint density at radius 2 is 1.81 bits per heavy atom. The highest BCUT2D eigenvalue weighted by molar-refractivity contribution is 5.74. The Bertz CT molecular complexity index is 1270. The van der Waals surface area contributed by atoms with Gasteiger partial charge in [-0.05, 0) is 91.4 Å². The van der Waals surface area contributed by atoms with Crippen LogP contribution in [0.3, 0.4) is 0 Å². The first-order chi connectivity index (χ1) is 22.5. The third-order valence-corrected chi connectivity index (χ3v) is 14.8.